The molecule has 0 aliphatic carbocycles. The van der Waals surface area contributed by atoms with Crippen LogP contribution in [0.25, 0.3) is 0 Å². The van der Waals surface area contributed by atoms with E-state index >= 15 is 0 Å². The van der Waals surface area contributed by atoms with Crippen LogP contribution in [0.5, 0.6) is 0 Å². The van der Waals surface area contributed by atoms with E-state index in [2.05, 4.69) is 76.7 Å². The van der Waals surface area contributed by atoms with Crippen LogP contribution in [0.4, 0.5) is 4.79 Å². The molecular formula is C26H38N4O. The molecule has 1 heterocycles. The fourth-order valence-electron chi connectivity index (χ4n) is 4.13. The lowest BCUT2D eigenvalue weighted by Crippen LogP contribution is -2.35. The van der Waals surface area contributed by atoms with E-state index in [1.54, 1.807) is 0 Å². The van der Waals surface area contributed by atoms with E-state index in [0.717, 1.165) is 31.7 Å². The number of carbonyl (C=O) groups excluding carboxylic acids is 1. The summed E-state index contributed by atoms with van der Waals surface area (Å²) in [7, 11) is 0. The van der Waals surface area contributed by atoms with Gasteiger partial charge in [0.05, 0.1) is 0 Å². The van der Waals surface area contributed by atoms with Crippen molar-refractivity contribution in [3.05, 3.63) is 70.8 Å². The van der Waals surface area contributed by atoms with E-state index in [0.29, 0.717) is 13.1 Å². The lowest BCUT2D eigenvalue weighted by atomic mass is 10.0. The Labute approximate surface area is 187 Å². The summed E-state index contributed by atoms with van der Waals surface area (Å²) in [6.45, 7) is 11.9. The summed E-state index contributed by atoms with van der Waals surface area (Å²) in [4.78, 5) is 17.3. The second-order valence-electron chi connectivity index (χ2n) is 8.42. The van der Waals surface area contributed by atoms with Crippen LogP contribution in [0.2, 0.25) is 0 Å². The number of amides is 2. The molecule has 0 saturated carbocycles. The van der Waals surface area contributed by atoms with Crippen molar-refractivity contribution in [2.45, 2.75) is 59.3 Å². The van der Waals surface area contributed by atoms with Gasteiger partial charge in [-0.05, 0) is 61.3 Å². The van der Waals surface area contributed by atoms with Crippen LogP contribution in [0.15, 0.2) is 48.5 Å². The van der Waals surface area contributed by atoms with Crippen LogP contribution in [-0.2, 0) is 26.2 Å². The summed E-state index contributed by atoms with van der Waals surface area (Å²) in [5.74, 6) is 0. The third-order valence-corrected chi connectivity index (χ3v) is 6.18. The molecule has 168 valence electrons. The highest BCUT2D eigenvalue weighted by atomic mass is 16.2. The van der Waals surface area contributed by atoms with Gasteiger partial charge >= 0.3 is 6.03 Å². The molecular weight excluding hydrogens is 384 g/mol. The number of benzene rings is 2. The molecule has 0 bridgehead atoms. The number of piperidine rings is 1. The van der Waals surface area contributed by atoms with E-state index in [-0.39, 0.29) is 6.03 Å². The number of urea groups is 1. The zero-order valence-corrected chi connectivity index (χ0v) is 19.2. The van der Waals surface area contributed by atoms with Crippen LogP contribution < -0.4 is 10.6 Å². The standard InChI is InChI=1S/C26H38N4O/c1-3-29(4-2)20-23-14-12-22(13-15-23)18-27-26(31)28-19-24-10-6-7-11-25(24)21-30-16-8-5-9-17-30/h6-7,10-15H,3-5,8-9,16-21H2,1-2H3,(H2,27,28,31). The van der Waals surface area contributed by atoms with E-state index in [1.807, 2.05) is 6.07 Å². The molecule has 0 atom stereocenters. The average molecular weight is 423 g/mol. The molecule has 2 N–H and O–H groups in total. The summed E-state index contributed by atoms with van der Waals surface area (Å²) in [6.07, 6.45) is 3.93. The number of rotatable bonds is 10. The second kappa shape index (κ2) is 12.5. The van der Waals surface area contributed by atoms with Crippen molar-refractivity contribution >= 4 is 6.03 Å². The molecule has 5 nitrogen and oxygen atoms in total. The summed E-state index contributed by atoms with van der Waals surface area (Å²) < 4.78 is 0. The average Bonchev–Trinajstić information content (AvgIpc) is 2.82. The number of nitrogens with zero attached hydrogens (tertiary/aromatic N) is 2. The van der Waals surface area contributed by atoms with Crippen LogP contribution in [0.3, 0.4) is 0 Å². The first-order valence-electron chi connectivity index (χ1n) is 11.8. The van der Waals surface area contributed by atoms with Crippen LogP contribution in [-0.4, -0.2) is 42.0 Å². The Morgan fingerprint density at radius 2 is 1.45 bits per heavy atom. The van der Waals surface area contributed by atoms with Gasteiger partial charge in [0.2, 0.25) is 0 Å². The maximum Gasteiger partial charge on any atom is 0.315 e. The Kier molecular flexibility index (Phi) is 9.38. The molecule has 5 heteroatoms. The van der Waals surface area contributed by atoms with Gasteiger partial charge in [0.15, 0.2) is 0 Å². The molecule has 2 aromatic rings. The molecule has 0 aromatic heterocycles. The van der Waals surface area contributed by atoms with Gasteiger partial charge in [-0.2, -0.15) is 0 Å². The normalized spacial score (nSPS) is 14.5. The van der Waals surface area contributed by atoms with Crippen molar-refractivity contribution < 1.29 is 4.79 Å². The van der Waals surface area contributed by atoms with Crippen LogP contribution in [0, 0.1) is 0 Å². The summed E-state index contributed by atoms with van der Waals surface area (Å²) in [5.41, 5.74) is 4.93. The van der Waals surface area contributed by atoms with Gasteiger partial charge in [-0.15, -0.1) is 0 Å². The number of nitrogens with one attached hydrogen (secondary N) is 2. The molecule has 31 heavy (non-hydrogen) atoms. The molecule has 2 aromatic carbocycles. The maximum absolute atomic E-state index is 12.3. The molecule has 1 fully saturated rings. The van der Waals surface area contributed by atoms with Crippen molar-refractivity contribution in [1.29, 1.82) is 0 Å². The second-order valence-corrected chi connectivity index (χ2v) is 8.42. The zero-order chi connectivity index (χ0) is 21.9. The van der Waals surface area contributed by atoms with Gasteiger partial charge < -0.3 is 10.6 Å². The monoisotopic (exact) mass is 422 g/mol. The minimum atomic E-state index is -0.125. The summed E-state index contributed by atoms with van der Waals surface area (Å²) >= 11 is 0. The van der Waals surface area contributed by atoms with Gasteiger partial charge in [0.1, 0.15) is 0 Å². The van der Waals surface area contributed by atoms with E-state index in [4.69, 9.17) is 0 Å². The van der Waals surface area contributed by atoms with Crippen molar-refractivity contribution in [3.63, 3.8) is 0 Å². The fraction of sp³-hybridized carbons (Fsp3) is 0.500. The van der Waals surface area contributed by atoms with Gasteiger partial charge in [0, 0.05) is 26.2 Å². The number of hydrogen-bond acceptors (Lipinski definition) is 3. The first-order valence-corrected chi connectivity index (χ1v) is 11.8. The van der Waals surface area contributed by atoms with E-state index in [1.165, 1.54) is 49.0 Å². The first-order chi connectivity index (χ1) is 15.2. The molecule has 0 unspecified atom stereocenters. The van der Waals surface area contributed by atoms with Gasteiger partial charge in [0.25, 0.3) is 0 Å². The predicted molar refractivity (Wildman–Crippen MR) is 128 cm³/mol. The number of hydrogen-bond donors (Lipinski definition) is 2. The minimum Gasteiger partial charge on any atom is -0.334 e. The molecule has 2 amide bonds. The summed E-state index contributed by atoms with van der Waals surface area (Å²) in [6, 6.07) is 16.8. The van der Waals surface area contributed by atoms with Crippen molar-refractivity contribution in [2.24, 2.45) is 0 Å². The van der Waals surface area contributed by atoms with Crippen molar-refractivity contribution in [2.75, 3.05) is 26.2 Å². The molecule has 3 rings (SSSR count). The van der Waals surface area contributed by atoms with Crippen molar-refractivity contribution in [3.8, 4) is 0 Å². The Morgan fingerprint density at radius 3 is 2.13 bits per heavy atom. The summed E-state index contributed by atoms with van der Waals surface area (Å²) in [5, 5.41) is 6.01. The van der Waals surface area contributed by atoms with Gasteiger partial charge in [-0.25, -0.2) is 4.79 Å². The van der Waals surface area contributed by atoms with E-state index < -0.39 is 0 Å². The molecule has 1 aliphatic heterocycles. The highest BCUT2D eigenvalue weighted by Gasteiger charge is 2.12. The molecule has 0 spiro atoms. The topological polar surface area (TPSA) is 47.6 Å². The minimum absolute atomic E-state index is 0.125. The molecule has 0 radical (unpaired) electrons. The van der Waals surface area contributed by atoms with Gasteiger partial charge in [-0.3, -0.25) is 9.80 Å². The molecule has 1 aliphatic rings. The van der Waals surface area contributed by atoms with Crippen LogP contribution >= 0.6 is 0 Å². The predicted octanol–water partition coefficient (Wildman–Crippen LogP) is 4.51. The fourth-order valence-corrected chi connectivity index (χ4v) is 4.13. The Bertz CT molecular complexity index is 795. The quantitative estimate of drug-likeness (QED) is 0.592. The smallest absolute Gasteiger partial charge is 0.315 e. The highest BCUT2D eigenvalue weighted by Crippen LogP contribution is 2.16. The Balaban J connectivity index is 1.44. The SMILES string of the molecule is CCN(CC)Cc1ccc(CNC(=O)NCc2ccccc2CN2CCCCC2)cc1. The molecule has 1 saturated heterocycles. The highest BCUT2D eigenvalue weighted by molar-refractivity contribution is 5.73. The van der Waals surface area contributed by atoms with Crippen molar-refractivity contribution in [1.82, 2.24) is 20.4 Å². The van der Waals surface area contributed by atoms with Gasteiger partial charge in [-0.1, -0.05) is 68.8 Å². The number of likely N-dealkylation sites (tertiary alicyclic amines) is 1. The lowest BCUT2D eigenvalue weighted by molar-refractivity contribution is 0.220. The third kappa shape index (κ3) is 7.67. The van der Waals surface area contributed by atoms with Crippen LogP contribution in [0.1, 0.15) is 55.4 Å². The Hall–Kier alpha value is -2.37. The Morgan fingerprint density at radius 1 is 0.839 bits per heavy atom. The number of carbonyl (C=O) groups is 1. The van der Waals surface area contributed by atoms with E-state index in [9.17, 15) is 4.79 Å². The zero-order valence-electron chi connectivity index (χ0n) is 19.2. The first kappa shape index (κ1) is 23.3. The lowest BCUT2D eigenvalue weighted by Gasteiger charge is -2.27. The maximum atomic E-state index is 12.3. The third-order valence-electron chi connectivity index (χ3n) is 6.18. The largest absolute Gasteiger partial charge is 0.334 e.